The summed E-state index contributed by atoms with van der Waals surface area (Å²) < 4.78 is 5.05. The van der Waals surface area contributed by atoms with Crippen LogP contribution in [0, 0.1) is 0 Å². The Bertz CT molecular complexity index is 209. The van der Waals surface area contributed by atoms with Gasteiger partial charge in [-0.25, -0.2) is 0 Å². The summed E-state index contributed by atoms with van der Waals surface area (Å²) in [6, 6.07) is 0. The van der Waals surface area contributed by atoms with Crippen LogP contribution in [0.5, 0.6) is 0 Å². The third-order valence-electron chi connectivity index (χ3n) is 2.06. The minimum atomic E-state index is -0.724. The number of esters is 1. The van der Waals surface area contributed by atoms with Gasteiger partial charge in [0.15, 0.2) is 0 Å². The Kier molecular flexibility index (Phi) is 6.60. The fraction of sp³-hybridized carbons (Fsp3) is 0.917. The van der Waals surface area contributed by atoms with Crippen LogP contribution < -0.4 is 0 Å². The van der Waals surface area contributed by atoms with Crippen molar-refractivity contribution in [3.8, 4) is 0 Å². The van der Waals surface area contributed by atoms with Crippen molar-refractivity contribution in [1.29, 1.82) is 0 Å². The Morgan fingerprint density at radius 1 is 1.44 bits per heavy atom. The molecule has 0 rings (SSSR count). The quantitative estimate of drug-likeness (QED) is 0.673. The number of rotatable bonds is 7. The van der Waals surface area contributed by atoms with Crippen LogP contribution in [-0.2, 0) is 9.53 Å². The van der Waals surface area contributed by atoms with E-state index in [1.54, 1.807) is 13.8 Å². The number of nitrogens with zero attached hydrogens (tertiary/aromatic N) is 1. The molecule has 0 radical (unpaired) electrons. The number of hydrogen-bond donors (Lipinski definition) is 1. The molecule has 0 atom stereocenters. The summed E-state index contributed by atoms with van der Waals surface area (Å²) in [5, 5.41) is 9.67. The van der Waals surface area contributed by atoms with E-state index in [0.29, 0.717) is 19.5 Å². The smallest absolute Gasteiger partial charge is 0.307 e. The second-order valence-corrected chi connectivity index (χ2v) is 4.97. The van der Waals surface area contributed by atoms with Gasteiger partial charge in [0.1, 0.15) is 0 Å². The van der Waals surface area contributed by atoms with E-state index in [1.807, 2.05) is 25.7 Å². The van der Waals surface area contributed by atoms with Crippen LogP contribution in [0.4, 0.5) is 0 Å². The van der Waals surface area contributed by atoms with Gasteiger partial charge in [0, 0.05) is 13.1 Å². The highest BCUT2D eigenvalue weighted by Gasteiger charge is 2.18. The van der Waals surface area contributed by atoms with Gasteiger partial charge < -0.3 is 14.7 Å². The van der Waals surface area contributed by atoms with Gasteiger partial charge in [-0.3, -0.25) is 4.79 Å². The Morgan fingerprint density at radius 2 is 2.00 bits per heavy atom. The first-order valence-corrected chi connectivity index (χ1v) is 5.89. The zero-order valence-electron chi connectivity index (χ0n) is 11.1. The van der Waals surface area contributed by atoms with Gasteiger partial charge in [-0.15, -0.1) is 0 Å². The molecule has 0 saturated heterocycles. The van der Waals surface area contributed by atoms with Crippen LogP contribution in [0.25, 0.3) is 0 Å². The van der Waals surface area contributed by atoms with Crippen LogP contribution in [0.2, 0.25) is 0 Å². The predicted molar refractivity (Wildman–Crippen MR) is 64.3 cm³/mol. The van der Waals surface area contributed by atoms with Crippen LogP contribution in [-0.4, -0.2) is 47.3 Å². The van der Waals surface area contributed by atoms with Gasteiger partial charge >= 0.3 is 5.97 Å². The Hall–Kier alpha value is -0.610. The molecule has 0 aliphatic heterocycles. The summed E-state index contributed by atoms with van der Waals surface area (Å²) in [5.41, 5.74) is -0.724. The number of ether oxygens (including phenoxy) is 1. The second-order valence-electron chi connectivity index (χ2n) is 4.97. The van der Waals surface area contributed by atoms with Crippen molar-refractivity contribution < 1.29 is 14.6 Å². The zero-order chi connectivity index (χ0) is 12.8. The van der Waals surface area contributed by atoms with Gasteiger partial charge in [-0.2, -0.15) is 0 Å². The highest BCUT2D eigenvalue weighted by molar-refractivity contribution is 5.69. The Balaban J connectivity index is 3.92. The van der Waals surface area contributed by atoms with E-state index in [4.69, 9.17) is 4.74 Å². The lowest BCUT2D eigenvalue weighted by molar-refractivity contribution is -0.147. The maximum Gasteiger partial charge on any atom is 0.307 e. The minimum absolute atomic E-state index is 0.0585. The van der Waals surface area contributed by atoms with Gasteiger partial charge in [0.2, 0.25) is 0 Å². The lowest BCUT2D eigenvalue weighted by Crippen LogP contribution is -2.39. The van der Waals surface area contributed by atoms with Crippen LogP contribution in [0.1, 0.15) is 41.0 Å². The van der Waals surface area contributed by atoms with E-state index in [9.17, 15) is 9.90 Å². The molecule has 1 N–H and O–H groups in total. The Morgan fingerprint density at radius 3 is 2.38 bits per heavy atom. The molecule has 0 spiro atoms. The molecule has 0 aromatic heterocycles. The van der Waals surface area contributed by atoms with Gasteiger partial charge in [-0.05, 0) is 34.2 Å². The number of carbonyl (C=O) groups excluding carboxylic acids is 1. The molecule has 0 heterocycles. The molecule has 0 saturated carbocycles. The number of hydrogen-bond acceptors (Lipinski definition) is 4. The van der Waals surface area contributed by atoms with E-state index < -0.39 is 5.60 Å². The molecule has 4 nitrogen and oxygen atoms in total. The average Bonchev–Trinajstić information content (AvgIpc) is 2.09. The van der Waals surface area contributed by atoms with Crippen molar-refractivity contribution in [2.75, 3.05) is 19.6 Å². The van der Waals surface area contributed by atoms with Crippen molar-refractivity contribution in [2.45, 2.75) is 52.7 Å². The molecule has 0 fully saturated rings. The number of aliphatic hydroxyl groups is 1. The van der Waals surface area contributed by atoms with Gasteiger partial charge in [0.05, 0.1) is 18.1 Å². The van der Waals surface area contributed by atoms with Crippen LogP contribution in [0.3, 0.4) is 0 Å². The van der Waals surface area contributed by atoms with Crippen molar-refractivity contribution in [3.05, 3.63) is 0 Å². The maximum atomic E-state index is 11.3. The largest absolute Gasteiger partial charge is 0.463 e. The van der Waals surface area contributed by atoms with Crippen LogP contribution in [0.15, 0.2) is 0 Å². The molecule has 0 aromatic rings. The van der Waals surface area contributed by atoms with E-state index in [0.717, 1.165) is 6.54 Å². The first kappa shape index (κ1) is 15.4. The minimum Gasteiger partial charge on any atom is -0.463 e. The van der Waals surface area contributed by atoms with E-state index in [1.165, 1.54) is 0 Å². The molecular formula is C12H25NO3. The van der Waals surface area contributed by atoms with Crippen molar-refractivity contribution in [1.82, 2.24) is 4.90 Å². The normalized spacial score (nSPS) is 12.2. The zero-order valence-corrected chi connectivity index (χ0v) is 11.1. The molecular weight excluding hydrogens is 206 g/mol. The lowest BCUT2D eigenvalue weighted by Gasteiger charge is -2.27. The van der Waals surface area contributed by atoms with E-state index in [-0.39, 0.29) is 12.1 Å². The highest BCUT2D eigenvalue weighted by atomic mass is 16.5. The average molecular weight is 231 g/mol. The molecule has 0 unspecified atom stereocenters. The molecule has 96 valence electrons. The topological polar surface area (TPSA) is 49.8 Å². The SMILES string of the molecule is CCN(CCC(=O)OC(C)C)CC(C)(C)O. The number of carbonyl (C=O) groups is 1. The molecule has 0 bridgehead atoms. The Labute approximate surface area is 98.6 Å². The molecule has 4 heteroatoms. The molecule has 0 aromatic carbocycles. The molecule has 16 heavy (non-hydrogen) atoms. The highest BCUT2D eigenvalue weighted by Crippen LogP contribution is 2.05. The fourth-order valence-electron chi connectivity index (χ4n) is 1.47. The summed E-state index contributed by atoms with van der Waals surface area (Å²) in [4.78, 5) is 13.4. The predicted octanol–water partition coefficient (Wildman–Crippen LogP) is 1.42. The monoisotopic (exact) mass is 231 g/mol. The van der Waals surface area contributed by atoms with Crippen LogP contribution >= 0.6 is 0 Å². The fourth-order valence-corrected chi connectivity index (χ4v) is 1.47. The third kappa shape index (κ3) is 8.68. The third-order valence-corrected chi connectivity index (χ3v) is 2.06. The molecule has 0 aliphatic rings. The van der Waals surface area contributed by atoms with Crippen molar-refractivity contribution in [2.24, 2.45) is 0 Å². The van der Waals surface area contributed by atoms with E-state index in [2.05, 4.69) is 0 Å². The van der Waals surface area contributed by atoms with Crippen molar-refractivity contribution in [3.63, 3.8) is 0 Å². The molecule has 0 aliphatic carbocycles. The number of likely N-dealkylation sites (N-methyl/N-ethyl adjacent to an activating group) is 1. The summed E-state index contributed by atoms with van der Waals surface area (Å²) in [5.74, 6) is -0.177. The second kappa shape index (κ2) is 6.86. The first-order valence-electron chi connectivity index (χ1n) is 5.89. The molecule has 0 amide bonds. The van der Waals surface area contributed by atoms with E-state index >= 15 is 0 Å². The van der Waals surface area contributed by atoms with Crippen molar-refractivity contribution >= 4 is 5.97 Å². The summed E-state index contributed by atoms with van der Waals surface area (Å²) >= 11 is 0. The lowest BCUT2D eigenvalue weighted by atomic mass is 10.1. The first-order chi connectivity index (χ1) is 7.24. The standard InChI is InChI=1S/C12H25NO3/c1-6-13(9-12(4,5)15)8-7-11(14)16-10(2)3/h10,15H,6-9H2,1-5H3. The van der Waals surface area contributed by atoms with Gasteiger partial charge in [0.25, 0.3) is 0 Å². The van der Waals surface area contributed by atoms with Gasteiger partial charge in [-0.1, -0.05) is 6.92 Å². The maximum absolute atomic E-state index is 11.3. The summed E-state index contributed by atoms with van der Waals surface area (Å²) in [6.07, 6.45) is 0.319. The summed E-state index contributed by atoms with van der Waals surface area (Å²) in [7, 11) is 0. The summed E-state index contributed by atoms with van der Waals surface area (Å²) in [6.45, 7) is 11.2.